The molecule has 4 heteroatoms. The molecule has 1 aliphatic heterocycles. The normalized spacial score (nSPS) is 13.1. The minimum Gasteiger partial charge on any atom is -0.427 e. The lowest BCUT2D eigenvalue weighted by Gasteiger charge is -2.13. The van der Waals surface area contributed by atoms with Crippen LogP contribution >= 0.6 is 0 Å². The second-order valence-corrected chi connectivity index (χ2v) is 4.40. The van der Waals surface area contributed by atoms with E-state index in [4.69, 9.17) is 4.76 Å². The molecule has 0 saturated heterocycles. The maximum Gasteiger partial charge on any atom is 0.583 e. The Morgan fingerprint density at radius 1 is 1.06 bits per heavy atom. The van der Waals surface area contributed by atoms with Gasteiger partial charge in [0.2, 0.25) is 0 Å². The Bertz CT molecular complexity index is 608. The number of benzene rings is 2. The first-order valence-electron chi connectivity index (χ1n) is 5.82. The van der Waals surface area contributed by atoms with Gasteiger partial charge in [0, 0.05) is 5.46 Å². The van der Waals surface area contributed by atoms with Crippen molar-refractivity contribution in [3.63, 3.8) is 0 Å². The highest BCUT2D eigenvalue weighted by molar-refractivity contribution is 6.62. The smallest absolute Gasteiger partial charge is 0.427 e. The Balaban J connectivity index is 2.05. The van der Waals surface area contributed by atoms with E-state index in [2.05, 4.69) is 36.3 Å². The van der Waals surface area contributed by atoms with E-state index < -0.39 is 7.12 Å². The molecule has 0 spiro atoms. The zero-order valence-corrected chi connectivity index (χ0v) is 10.00. The van der Waals surface area contributed by atoms with Crippen LogP contribution in [0, 0.1) is 6.92 Å². The van der Waals surface area contributed by atoms with Crippen molar-refractivity contribution in [3.05, 3.63) is 53.6 Å². The van der Waals surface area contributed by atoms with Crippen LogP contribution in [0.4, 0.5) is 0 Å². The van der Waals surface area contributed by atoms with Crippen LogP contribution in [0.15, 0.2) is 47.6 Å². The molecule has 0 aromatic heterocycles. The van der Waals surface area contributed by atoms with Gasteiger partial charge in [-0.25, -0.2) is 0 Å². The second kappa shape index (κ2) is 4.31. The first-order valence-corrected chi connectivity index (χ1v) is 5.82. The Hall–Kier alpha value is -2.07. The van der Waals surface area contributed by atoms with E-state index in [1.165, 1.54) is 5.56 Å². The Labute approximate surface area is 106 Å². The van der Waals surface area contributed by atoms with Crippen LogP contribution in [-0.4, -0.2) is 18.4 Å². The number of aryl methyl sites for hydroxylation is 1. The van der Waals surface area contributed by atoms with Crippen LogP contribution in [0.1, 0.15) is 11.1 Å². The molecule has 0 fully saturated rings. The summed E-state index contributed by atoms with van der Waals surface area (Å²) in [7, 11) is -0.961. The molecule has 1 heterocycles. The van der Waals surface area contributed by atoms with E-state index in [0.29, 0.717) is 0 Å². The third kappa shape index (κ3) is 1.91. The van der Waals surface area contributed by atoms with Crippen LogP contribution in [0.5, 0.6) is 0 Å². The van der Waals surface area contributed by atoms with Crippen molar-refractivity contribution in [1.29, 1.82) is 0 Å². The Kier molecular flexibility index (Phi) is 2.65. The summed E-state index contributed by atoms with van der Waals surface area (Å²) in [6.45, 7) is 2.07. The summed E-state index contributed by atoms with van der Waals surface area (Å²) >= 11 is 0. The zero-order valence-electron chi connectivity index (χ0n) is 10.00. The van der Waals surface area contributed by atoms with Gasteiger partial charge in [-0.1, -0.05) is 42.0 Å². The van der Waals surface area contributed by atoms with Crippen molar-refractivity contribution in [1.82, 2.24) is 0 Å². The molecule has 18 heavy (non-hydrogen) atoms. The molecule has 0 saturated carbocycles. The molecule has 0 radical (unpaired) electrons. The molecule has 1 aliphatic rings. The lowest BCUT2D eigenvalue weighted by atomic mass is 9.75. The lowest BCUT2D eigenvalue weighted by molar-refractivity contribution is 0.286. The molecule has 0 amide bonds. The lowest BCUT2D eigenvalue weighted by Crippen LogP contribution is -2.37. The summed E-state index contributed by atoms with van der Waals surface area (Å²) in [5.74, 6) is 0. The number of fused-ring (bicyclic) bond motifs is 1. The maximum absolute atomic E-state index is 9.62. The fourth-order valence-electron chi connectivity index (χ4n) is 2.04. The molecule has 2 aromatic carbocycles. The van der Waals surface area contributed by atoms with Crippen molar-refractivity contribution in [3.8, 4) is 11.1 Å². The van der Waals surface area contributed by atoms with Gasteiger partial charge in [-0.05, 0) is 29.7 Å². The number of oxime groups is 1. The van der Waals surface area contributed by atoms with Crippen LogP contribution in [0.25, 0.3) is 11.1 Å². The highest BCUT2D eigenvalue weighted by Gasteiger charge is 2.24. The average molecular weight is 237 g/mol. The van der Waals surface area contributed by atoms with Gasteiger partial charge in [-0.15, -0.1) is 5.16 Å². The highest BCUT2D eigenvalue weighted by Crippen LogP contribution is 2.20. The molecular formula is C14H12BNO2. The number of nitrogens with zero attached hydrogens (tertiary/aromatic N) is 1. The van der Waals surface area contributed by atoms with Crippen molar-refractivity contribution >= 4 is 18.8 Å². The molecule has 0 atom stereocenters. The van der Waals surface area contributed by atoms with Crippen molar-refractivity contribution in [2.75, 3.05) is 0 Å². The van der Waals surface area contributed by atoms with Crippen molar-refractivity contribution in [2.24, 2.45) is 5.16 Å². The monoisotopic (exact) mass is 237 g/mol. The van der Waals surface area contributed by atoms with Crippen molar-refractivity contribution < 1.29 is 9.78 Å². The van der Waals surface area contributed by atoms with Gasteiger partial charge < -0.3 is 9.78 Å². The van der Waals surface area contributed by atoms with Crippen LogP contribution in [-0.2, 0) is 4.76 Å². The summed E-state index contributed by atoms with van der Waals surface area (Å²) in [5, 5.41) is 13.3. The van der Waals surface area contributed by atoms with E-state index in [-0.39, 0.29) is 0 Å². The van der Waals surface area contributed by atoms with Gasteiger partial charge in [0.05, 0.1) is 6.21 Å². The molecular weight excluding hydrogens is 225 g/mol. The third-order valence-corrected chi connectivity index (χ3v) is 3.09. The van der Waals surface area contributed by atoms with Gasteiger partial charge in [0.15, 0.2) is 0 Å². The van der Waals surface area contributed by atoms with Gasteiger partial charge in [0.1, 0.15) is 0 Å². The molecule has 0 unspecified atom stereocenters. The van der Waals surface area contributed by atoms with Crippen LogP contribution in [0.2, 0.25) is 0 Å². The van der Waals surface area contributed by atoms with E-state index in [1.807, 2.05) is 18.2 Å². The highest BCUT2D eigenvalue weighted by atomic mass is 16.6. The predicted molar refractivity (Wildman–Crippen MR) is 72.9 cm³/mol. The fourth-order valence-corrected chi connectivity index (χ4v) is 2.04. The zero-order chi connectivity index (χ0) is 12.5. The predicted octanol–water partition coefficient (Wildman–Crippen LogP) is 1.71. The van der Waals surface area contributed by atoms with E-state index in [9.17, 15) is 5.02 Å². The molecule has 0 bridgehead atoms. The number of hydrogen-bond donors (Lipinski definition) is 1. The van der Waals surface area contributed by atoms with Gasteiger partial charge in [0.25, 0.3) is 0 Å². The quantitative estimate of drug-likeness (QED) is 0.767. The minimum absolute atomic E-state index is 0.751. The molecule has 3 nitrogen and oxygen atoms in total. The van der Waals surface area contributed by atoms with Gasteiger partial charge >= 0.3 is 7.12 Å². The van der Waals surface area contributed by atoms with Crippen LogP contribution in [0.3, 0.4) is 0 Å². The maximum atomic E-state index is 9.62. The summed E-state index contributed by atoms with van der Waals surface area (Å²) in [6.07, 6.45) is 1.62. The first kappa shape index (κ1) is 11.0. The molecule has 2 aromatic rings. The SMILES string of the molecule is Cc1ccc(-c2ccc3c(c2)C=NOB3O)cc1. The van der Waals surface area contributed by atoms with E-state index >= 15 is 0 Å². The van der Waals surface area contributed by atoms with E-state index in [0.717, 1.165) is 22.2 Å². The largest absolute Gasteiger partial charge is 0.583 e. The topological polar surface area (TPSA) is 41.8 Å². The second-order valence-electron chi connectivity index (χ2n) is 4.40. The summed E-state index contributed by atoms with van der Waals surface area (Å²) in [6, 6.07) is 14.2. The Morgan fingerprint density at radius 3 is 2.56 bits per heavy atom. The number of hydrogen-bond acceptors (Lipinski definition) is 3. The molecule has 3 rings (SSSR count). The molecule has 88 valence electrons. The fraction of sp³-hybridized carbons (Fsp3) is 0.0714. The minimum atomic E-state index is -0.961. The summed E-state index contributed by atoms with van der Waals surface area (Å²) in [5.41, 5.74) is 5.14. The number of rotatable bonds is 1. The molecule has 1 N–H and O–H groups in total. The van der Waals surface area contributed by atoms with Crippen LogP contribution < -0.4 is 5.46 Å². The Morgan fingerprint density at radius 2 is 1.78 bits per heavy atom. The molecule has 0 aliphatic carbocycles. The van der Waals surface area contributed by atoms with Gasteiger partial charge in [-0.2, -0.15) is 0 Å². The summed E-state index contributed by atoms with van der Waals surface area (Å²) < 4.78 is 4.79. The summed E-state index contributed by atoms with van der Waals surface area (Å²) in [4.78, 5) is 0. The first-order chi connectivity index (χ1) is 8.74. The standard InChI is InChI=1S/C14H12BNO2/c1-10-2-4-11(5-3-10)12-6-7-14-13(8-12)9-16-18-15(14)17/h2-9,17H,1H3. The van der Waals surface area contributed by atoms with E-state index in [1.54, 1.807) is 6.21 Å². The van der Waals surface area contributed by atoms with Gasteiger partial charge in [-0.3, -0.25) is 0 Å². The van der Waals surface area contributed by atoms with Crippen molar-refractivity contribution in [2.45, 2.75) is 6.92 Å². The third-order valence-electron chi connectivity index (χ3n) is 3.09. The average Bonchev–Trinajstić information content (AvgIpc) is 2.39.